The highest BCUT2D eigenvalue weighted by molar-refractivity contribution is 5.87. The Morgan fingerprint density at radius 3 is 2.26 bits per heavy atom. The Balaban J connectivity index is 0.00000154. The van der Waals surface area contributed by atoms with Gasteiger partial charge in [0.1, 0.15) is 0 Å². The fourth-order valence-corrected chi connectivity index (χ4v) is 1.54. The first kappa shape index (κ1) is 17.2. The molecule has 0 aliphatic carbocycles. The fourth-order valence-electron chi connectivity index (χ4n) is 1.54. The summed E-state index contributed by atoms with van der Waals surface area (Å²) in [6.07, 6.45) is 0.303. The van der Waals surface area contributed by atoms with Crippen molar-refractivity contribution < 1.29 is 14.3 Å². The maximum atomic E-state index is 11.7. The maximum absolute atomic E-state index is 11.7. The quantitative estimate of drug-likeness (QED) is 0.890. The van der Waals surface area contributed by atoms with Crippen molar-refractivity contribution in [2.45, 2.75) is 39.7 Å². The van der Waals surface area contributed by atoms with Gasteiger partial charge in [-0.05, 0) is 12.0 Å². The zero-order chi connectivity index (χ0) is 14.7. The Morgan fingerprint density at radius 2 is 1.79 bits per heavy atom. The van der Waals surface area contributed by atoms with Gasteiger partial charge in [-0.3, -0.25) is 4.79 Å². The molecule has 106 valence electrons. The minimum absolute atomic E-state index is 0.000692. The van der Waals surface area contributed by atoms with Gasteiger partial charge in [0.2, 0.25) is 0 Å². The lowest BCUT2D eigenvalue weighted by Crippen LogP contribution is -2.42. The lowest BCUT2D eigenvalue weighted by Gasteiger charge is -2.16. The van der Waals surface area contributed by atoms with Crippen molar-refractivity contribution in [2.24, 2.45) is 0 Å². The molecule has 1 rings (SSSR count). The Hall–Kier alpha value is -1.84. The number of rotatable bonds is 5. The summed E-state index contributed by atoms with van der Waals surface area (Å²) in [5, 5.41) is 2.56. The van der Waals surface area contributed by atoms with E-state index in [4.69, 9.17) is 0 Å². The van der Waals surface area contributed by atoms with Crippen LogP contribution < -0.4 is 5.32 Å². The van der Waals surface area contributed by atoms with Gasteiger partial charge in [0.05, 0.1) is 13.2 Å². The van der Waals surface area contributed by atoms with Crippen LogP contribution in [0.5, 0.6) is 0 Å². The van der Waals surface area contributed by atoms with Crippen LogP contribution >= 0.6 is 0 Å². The second-order valence-corrected chi connectivity index (χ2v) is 3.70. The van der Waals surface area contributed by atoms with Crippen LogP contribution in [0.4, 0.5) is 4.79 Å². The molecule has 0 radical (unpaired) electrons. The van der Waals surface area contributed by atoms with Crippen LogP contribution in [0.25, 0.3) is 0 Å². The van der Waals surface area contributed by atoms with E-state index in [0.29, 0.717) is 12.8 Å². The molecule has 1 unspecified atom stereocenters. The van der Waals surface area contributed by atoms with Crippen molar-refractivity contribution in [3.63, 3.8) is 0 Å². The average Bonchev–Trinajstić information content (AvgIpc) is 2.48. The summed E-state index contributed by atoms with van der Waals surface area (Å²) in [5.74, 6) is -0.000692. The third kappa shape index (κ3) is 6.60. The number of nitrogens with one attached hydrogen (secondary N) is 1. The number of amides is 1. The van der Waals surface area contributed by atoms with Gasteiger partial charge >= 0.3 is 6.09 Å². The monoisotopic (exact) mass is 265 g/mol. The topological polar surface area (TPSA) is 55.4 Å². The van der Waals surface area contributed by atoms with E-state index in [2.05, 4.69) is 10.1 Å². The molecule has 0 bridgehead atoms. The van der Waals surface area contributed by atoms with Gasteiger partial charge in [-0.1, -0.05) is 51.1 Å². The summed E-state index contributed by atoms with van der Waals surface area (Å²) in [5.41, 5.74) is 1.01. The van der Waals surface area contributed by atoms with E-state index in [0.717, 1.165) is 5.56 Å². The normalized spacial score (nSPS) is 10.7. The van der Waals surface area contributed by atoms with E-state index in [9.17, 15) is 9.59 Å². The summed E-state index contributed by atoms with van der Waals surface area (Å²) < 4.78 is 4.51. The summed E-state index contributed by atoms with van der Waals surface area (Å²) in [4.78, 5) is 22.8. The Kier molecular flexibility index (Phi) is 9.14. The average molecular weight is 265 g/mol. The van der Waals surface area contributed by atoms with Crippen molar-refractivity contribution in [1.82, 2.24) is 5.32 Å². The van der Waals surface area contributed by atoms with Gasteiger partial charge in [0.25, 0.3) is 0 Å². The van der Waals surface area contributed by atoms with E-state index < -0.39 is 12.1 Å². The van der Waals surface area contributed by atoms with Crippen LogP contribution in [0.1, 0.15) is 32.8 Å². The van der Waals surface area contributed by atoms with Crippen molar-refractivity contribution in [1.29, 1.82) is 0 Å². The molecule has 0 spiro atoms. The van der Waals surface area contributed by atoms with E-state index in [1.54, 1.807) is 6.92 Å². The third-order valence-corrected chi connectivity index (χ3v) is 2.50. The second-order valence-electron chi connectivity index (χ2n) is 3.70. The van der Waals surface area contributed by atoms with Crippen LogP contribution in [0.3, 0.4) is 0 Å². The summed E-state index contributed by atoms with van der Waals surface area (Å²) in [6.45, 7) is 5.78. The molecule has 0 aliphatic rings. The molecule has 1 atom stereocenters. The summed E-state index contributed by atoms with van der Waals surface area (Å²) in [7, 11) is 1.28. The number of ether oxygens (including phenoxy) is 1. The van der Waals surface area contributed by atoms with Gasteiger partial charge in [-0.15, -0.1) is 0 Å². The third-order valence-electron chi connectivity index (χ3n) is 2.50. The highest BCUT2D eigenvalue weighted by Crippen LogP contribution is 2.05. The molecule has 0 saturated carbocycles. The molecule has 4 nitrogen and oxygen atoms in total. The molecule has 1 aromatic rings. The fraction of sp³-hybridized carbons (Fsp3) is 0.467. The summed E-state index contributed by atoms with van der Waals surface area (Å²) in [6, 6.07) is 9.05. The van der Waals surface area contributed by atoms with Gasteiger partial charge in [-0.2, -0.15) is 0 Å². The lowest BCUT2D eigenvalue weighted by atomic mass is 10.0. The largest absolute Gasteiger partial charge is 0.453 e. The molecule has 0 aromatic heterocycles. The van der Waals surface area contributed by atoms with Crippen LogP contribution in [0.15, 0.2) is 30.3 Å². The predicted octanol–water partition coefficient (Wildman–Crippen LogP) is 2.96. The Labute approximate surface area is 115 Å². The number of Topliss-reactive ketones (excluding diaryl/α,β-unsaturated/α-hetero) is 1. The van der Waals surface area contributed by atoms with Crippen LogP contribution in [-0.4, -0.2) is 25.0 Å². The van der Waals surface area contributed by atoms with E-state index in [1.807, 2.05) is 44.2 Å². The zero-order valence-corrected chi connectivity index (χ0v) is 12.1. The molecule has 1 N–H and O–H groups in total. The lowest BCUT2D eigenvalue weighted by molar-refractivity contribution is -0.120. The van der Waals surface area contributed by atoms with Gasteiger partial charge < -0.3 is 10.1 Å². The van der Waals surface area contributed by atoms with Crippen LogP contribution in [0.2, 0.25) is 0 Å². The molecule has 0 fully saturated rings. The number of carbonyl (C=O) groups excluding carboxylic acids is 2. The van der Waals surface area contributed by atoms with Gasteiger partial charge in [-0.25, -0.2) is 4.79 Å². The van der Waals surface area contributed by atoms with Crippen molar-refractivity contribution in [3.8, 4) is 0 Å². The molecule has 0 heterocycles. The standard InChI is InChI=1S/C13H17NO3.C2H6/c1-3-12(15)11(14-13(16)17-2)9-10-7-5-4-6-8-10;1-2/h4-8,11H,3,9H2,1-2H3,(H,14,16);1-2H3. The molecule has 0 aliphatic heterocycles. The molecule has 1 aromatic carbocycles. The van der Waals surface area contributed by atoms with Crippen molar-refractivity contribution in [2.75, 3.05) is 7.11 Å². The first-order valence-electron chi connectivity index (χ1n) is 6.58. The predicted molar refractivity (Wildman–Crippen MR) is 76.1 cm³/mol. The number of carbonyl (C=O) groups is 2. The van der Waals surface area contributed by atoms with Crippen LogP contribution in [0, 0.1) is 0 Å². The highest BCUT2D eigenvalue weighted by Gasteiger charge is 2.19. The number of methoxy groups -OCH3 is 1. The number of ketones is 1. The van der Waals surface area contributed by atoms with E-state index in [1.165, 1.54) is 7.11 Å². The zero-order valence-electron chi connectivity index (χ0n) is 12.1. The number of benzene rings is 1. The number of hydrogen-bond acceptors (Lipinski definition) is 3. The molecular weight excluding hydrogens is 242 g/mol. The van der Waals surface area contributed by atoms with Gasteiger partial charge in [0.15, 0.2) is 5.78 Å². The first-order valence-corrected chi connectivity index (χ1v) is 6.58. The van der Waals surface area contributed by atoms with Crippen LogP contribution in [-0.2, 0) is 16.0 Å². The van der Waals surface area contributed by atoms with Gasteiger partial charge in [0, 0.05) is 6.42 Å². The summed E-state index contributed by atoms with van der Waals surface area (Å²) >= 11 is 0. The molecule has 1 amide bonds. The number of alkyl carbamates (subject to hydrolysis) is 1. The minimum atomic E-state index is -0.576. The Bertz CT molecular complexity index is 376. The molecular formula is C15H23NO3. The highest BCUT2D eigenvalue weighted by atomic mass is 16.5. The molecule has 19 heavy (non-hydrogen) atoms. The number of hydrogen-bond donors (Lipinski definition) is 1. The molecule has 4 heteroatoms. The van der Waals surface area contributed by atoms with Crippen molar-refractivity contribution in [3.05, 3.63) is 35.9 Å². The minimum Gasteiger partial charge on any atom is -0.453 e. The second kappa shape index (κ2) is 10.1. The smallest absolute Gasteiger partial charge is 0.407 e. The van der Waals surface area contributed by atoms with E-state index in [-0.39, 0.29) is 5.78 Å². The first-order chi connectivity index (χ1) is 9.17. The Morgan fingerprint density at radius 1 is 1.21 bits per heavy atom. The SMILES string of the molecule is CC.CCC(=O)C(Cc1ccccc1)NC(=O)OC. The maximum Gasteiger partial charge on any atom is 0.407 e. The van der Waals surface area contributed by atoms with E-state index >= 15 is 0 Å². The molecule has 0 saturated heterocycles. The van der Waals surface area contributed by atoms with Crippen molar-refractivity contribution >= 4 is 11.9 Å².